The van der Waals surface area contributed by atoms with Gasteiger partial charge in [0.15, 0.2) is 0 Å². The number of halogens is 1. The summed E-state index contributed by atoms with van der Waals surface area (Å²) in [4.78, 5) is 15.1. The lowest BCUT2D eigenvalue weighted by Crippen LogP contribution is -2.37. The van der Waals surface area contributed by atoms with E-state index in [0.717, 1.165) is 50.8 Å². The summed E-state index contributed by atoms with van der Waals surface area (Å²) in [7, 11) is 2.07. The molecule has 2 aliphatic rings. The summed E-state index contributed by atoms with van der Waals surface area (Å²) in [5.41, 5.74) is 0.604. The highest BCUT2D eigenvalue weighted by Crippen LogP contribution is 2.43. The van der Waals surface area contributed by atoms with Gasteiger partial charge in [0.2, 0.25) is 0 Å². The second-order valence-electron chi connectivity index (χ2n) is 6.37. The Morgan fingerprint density at radius 1 is 1.29 bits per heavy atom. The van der Waals surface area contributed by atoms with Crippen LogP contribution in [-0.2, 0) is 14.9 Å². The number of likely N-dealkylation sites (tertiary alicyclic amines) is 1. The maximum atomic E-state index is 12.8. The molecular formula is C17H22ClNO2. The fourth-order valence-electron chi connectivity index (χ4n) is 3.61. The third-order valence-corrected chi connectivity index (χ3v) is 5.12. The summed E-state index contributed by atoms with van der Waals surface area (Å²) < 4.78 is 5.84. The van der Waals surface area contributed by atoms with Gasteiger partial charge in [0.05, 0.1) is 5.41 Å². The van der Waals surface area contributed by atoms with Crippen LogP contribution in [0.4, 0.5) is 0 Å². The van der Waals surface area contributed by atoms with Crippen LogP contribution in [0.25, 0.3) is 0 Å². The Labute approximate surface area is 131 Å². The van der Waals surface area contributed by atoms with Crippen LogP contribution in [0.3, 0.4) is 0 Å². The maximum Gasteiger partial charge on any atom is 0.316 e. The van der Waals surface area contributed by atoms with Crippen molar-refractivity contribution in [1.29, 1.82) is 0 Å². The van der Waals surface area contributed by atoms with Crippen molar-refractivity contribution in [2.75, 3.05) is 20.1 Å². The number of esters is 1. The third-order valence-electron chi connectivity index (χ3n) is 4.87. The Balaban J connectivity index is 1.80. The molecular weight excluding hydrogens is 286 g/mol. The second-order valence-corrected chi connectivity index (χ2v) is 6.81. The minimum Gasteiger partial charge on any atom is -0.460 e. The minimum atomic E-state index is -0.453. The molecule has 1 aliphatic carbocycles. The van der Waals surface area contributed by atoms with E-state index in [4.69, 9.17) is 16.3 Å². The van der Waals surface area contributed by atoms with Gasteiger partial charge in [-0.25, -0.2) is 0 Å². The van der Waals surface area contributed by atoms with E-state index < -0.39 is 5.41 Å². The number of nitrogens with zero attached hydrogens (tertiary/aromatic N) is 1. The SMILES string of the molecule is CN1CC[C@@H](OC(=O)C2(c3ccc(Cl)cc3)CCCC2)C1. The van der Waals surface area contributed by atoms with Gasteiger partial charge in [-0.3, -0.25) is 4.79 Å². The number of hydrogen-bond donors (Lipinski definition) is 0. The number of benzene rings is 1. The van der Waals surface area contributed by atoms with Gasteiger partial charge in [0, 0.05) is 18.1 Å². The molecule has 1 saturated carbocycles. The molecule has 3 nitrogen and oxygen atoms in total. The van der Waals surface area contributed by atoms with Gasteiger partial charge in [0.1, 0.15) is 6.10 Å². The van der Waals surface area contributed by atoms with E-state index in [2.05, 4.69) is 11.9 Å². The van der Waals surface area contributed by atoms with Gasteiger partial charge in [-0.2, -0.15) is 0 Å². The summed E-state index contributed by atoms with van der Waals surface area (Å²) >= 11 is 5.98. The number of hydrogen-bond acceptors (Lipinski definition) is 3. The molecule has 1 atom stereocenters. The summed E-state index contributed by atoms with van der Waals surface area (Å²) in [5.74, 6) is -0.0392. The molecule has 1 aliphatic heterocycles. The average Bonchev–Trinajstić information content (AvgIpc) is 3.10. The molecule has 3 rings (SSSR count). The molecule has 1 heterocycles. The Morgan fingerprint density at radius 3 is 2.52 bits per heavy atom. The smallest absolute Gasteiger partial charge is 0.316 e. The molecule has 2 fully saturated rings. The molecule has 1 aromatic carbocycles. The van der Waals surface area contributed by atoms with Crippen molar-refractivity contribution in [2.45, 2.75) is 43.6 Å². The molecule has 1 aromatic rings. The summed E-state index contributed by atoms with van der Waals surface area (Å²) in [6.45, 7) is 1.86. The molecule has 0 spiro atoms. The number of rotatable bonds is 3. The zero-order chi connectivity index (χ0) is 14.9. The van der Waals surface area contributed by atoms with Gasteiger partial charge < -0.3 is 9.64 Å². The van der Waals surface area contributed by atoms with Crippen LogP contribution in [-0.4, -0.2) is 37.1 Å². The number of ether oxygens (including phenoxy) is 1. The summed E-state index contributed by atoms with van der Waals surface area (Å²) in [6.07, 6.45) is 4.93. The van der Waals surface area contributed by atoms with E-state index in [-0.39, 0.29) is 12.1 Å². The Morgan fingerprint density at radius 2 is 1.95 bits per heavy atom. The van der Waals surface area contributed by atoms with Crippen LogP contribution in [0.1, 0.15) is 37.7 Å². The van der Waals surface area contributed by atoms with Gasteiger partial charge in [0.25, 0.3) is 0 Å². The standard InChI is InChI=1S/C17H22ClNO2/c1-19-11-8-15(12-19)21-16(20)17(9-2-3-10-17)13-4-6-14(18)7-5-13/h4-7,15H,2-3,8-12H2,1H3/t15-/m1/s1. The highest BCUT2D eigenvalue weighted by atomic mass is 35.5. The lowest BCUT2D eigenvalue weighted by Gasteiger charge is -2.29. The van der Waals surface area contributed by atoms with Gasteiger partial charge >= 0.3 is 5.97 Å². The maximum absolute atomic E-state index is 12.8. The fourth-order valence-corrected chi connectivity index (χ4v) is 3.74. The zero-order valence-electron chi connectivity index (χ0n) is 12.5. The van der Waals surface area contributed by atoms with E-state index in [9.17, 15) is 4.79 Å². The molecule has 4 heteroatoms. The van der Waals surface area contributed by atoms with Gasteiger partial charge in [-0.15, -0.1) is 0 Å². The number of carbonyl (C=O) groups is 1. The molecule has 0 radical (unpaired) electrons. The third kappa shape index (κ3) is 2.95. The molecule has 0 aromatic heterocycles. The van der Waals surface area contributed by atoms with Gasteiger partial charge in [-0.1, -0.05) is 36.6 Å². The predicted molar refractivity (Wildman–Crippen MR) is 83.6 cm³/mol. The van der Waals surface area contributed by atoms with Crippen molar-refractivity contribution < 1.29 is 9.53 Å². The predicted octanol–water partition coefficient (Wildman–Crippen LogP) is 3.40. The quantitative estimate of drug-likeness (QED) is 0.802. The largest absolute Gasteiger partial charge is 0.460 e. The highest BCUT2D eigenvalue weighted by Gasteiger charge is 2.45. The van der Waals surface area contributed by atoms with Crippen LogP contribution >= 0.6 is 11.6 Å². The zero-order valence-corrected chi connectivity index (χ0v) is 13.2. The first-order valence-electron chi connectivity index (χ1n) is 7.76. The molecule has 0 amide bonds. The molecule has 21 heavy (non-hydrogen) atoms. The average molecular weight is 308 g/mol. The van der Waals surface area contributed by atoms with Crippen LogP contribution in [0.15, 0.2) is 24.3 Å². The Kier molecular flexibility index (Phi) is 4.23. The molecule has 114 valence electrons. The van der Waals surface area contributed by atoms with Crippen molar-refractivity contribution in [1.82, 2.24) is 4.90 Å². The fraction of sp³-hybridized carbons (Fsp3) is 0.588. The summed E-state index contributed by atoms with van der Waals surface area (Å²) in [5, 5.41) is 0.706. The van der Waals surface area contributed by atoms with E-state index in [0.29, 0.717) is 5.02 Å². The minimum absolute atomic E-state index is 0.0392. The first-order chi connectivity index (χ1) is 10.1. The normalized spacial score (nSPS) is 25.1. The topological polar surface area (TPSA) is 29.5 Å². The Hall–Kier alpha value is -1.06. The lowest BCUT2D eigenvalue weighted by atomic mass is 9.79. The first-order valence-corrected chi connectivity index (χ1v) is 8.14. The highest BCUT2D eigenvalue weighted by molar-refractivity contribution is 6.30. The second kappa shape index (κ2) is 5.98. The number of carbonyl (C=O) groups excluding carboxylic acids is 1. The van der Waals surface area contributed by atoms with E-state index in [1.165, 1.54) is 0 Å². The number of likely N-dealkylation sites (N-methyl/N-ethyl adjacent to an activating group) is 1. The van der Waals surface area contributed by atoms with E-state index in [1.54, 1.807) is 0 Å². The van der Waals surface area contributed by atoms with E-state index >= 15 is 0 Å². The van der Waals surface area contributed by atoms with Crippen LogP contribution in [0.2, 0.25) is 5.02 Å². The van der Waals surface area contributed by atoms with Gasteiger partial charge in [-0.05, 0) is 44.0 Å². The molecule has 0 bridgehead atoms. The van der Waals surface area contributed by atoms with Crippen LogP contribution in [0.5, 0.6) is 0 Å². The van der Waals surface area contributed by atoms with Crippen molar-refractivity contribution in [3.8, 4) is 0 Å². The molecule has 1 saturated heterocycles. The van der Waals surface area contributed by atoms with Crippen molar-refractivity contribution in [2.24, 2.45) is 0 Å². The Bertz CT molecular complexity index is 508. The van der Waals surface area contributed by atoms with Crippen molar-refractivity contribution in [3.05, 3.63) is 34.9 Å². The first kappa shape index (κ1) is 14.9. The van der Waals surface area contributed by atoms with Crippen molar-refractivity contribution in [3.63, 3.8) is 0 Å². The monoisotopic (exact) mass is 307 g/mol. The van der Waals surface area contributed by atoms with E-state index in [1.807, 2.05) is 24.3 Å². The summed E-state index contributed by atoms with van der Waals surface area (Å²) in [6, 6.07) is 7.70. The molecule has 0 unspecified atom stereocenters. The van der Waals surface area contributed by atoms with Crippen LogP contribution in [0, 0.1) is 0 Å². The lowest BCUT2D eigenvalue weighted by molar-refractivity contribution is -0.155. The molecule has 0 N–H and O–H groups in total. The van der Waals surface area contributed by atoms with Crippen LogP contribution < -0.4 is 0 Å². The van der Waals surface area contributed by atoms with Crippen molar-refractivity contribution >= 4 is 17.6 Å².